The van der Waals surface area contributed by atoms with E-state index in [4.69, 9.17) is 16.3 Å². The van der Waals surface area contributed by atoms with Crippen molar-refractivity contribution in [3.8, 4) is 5.75 Å². The number of carbonyl (C=O) groups excluding carboxylic acids is 2. The van der Waals surface area contributed by atoms with E-state index >= 15 is 0 Å². The molecular weight excluding hydrogens is 445 g/mol. The zero-order valence-electron chi connectivity index (χ0n) is 16.3. The Labute approximate surface area is 185 Å². The lowest BCUT2D eigenvalue weighted by Gasteiger charge is -2.33. The number of nitrogens with zero attached hydrogens (tertiary/aromatic N) is 4. The van der Waals surface area contributed by atoms with Crippen LogP contribution in [-0.4, -0.2) is 44.7 Å². The summed E-state index contributed by atoms with van der Waals surface area (Å²) >= 11 is 7.50. The smallest absolute Gasteiger partial charge is 0.330 e. The van der Waals surface area contributed by atoms with Gasteiger partial charge in [0.1, 0.15) is 11.1 Å². The number of hydrogen-bond donors (Lipinski definition) is 1. The van der Waals surface area contributed by atoms with Gasteiger partial charge in [0.15, 0.2) is 17.2 Å². The third kappa shape index (κ3) is 3.05. The molecule has 2 aromatic heterocycles. The fourth-order valence-electron chi connectivity index (χ4n) is 3.73. The molecule has 11 heteroatoms. The van der Waals surface area contributed by atoms with Crippen molar-refractivity contribution in [1.82, 2.24) is 19.7 Å². The number of halogens is 2. The molecule has 1 N–H and O–H groups in total. The molecule has 0 radical (unpaired) electrons. The molecule has 31 heavy (non-hydrogen) atoms. The Morgan fingerprint density at radius 3 is 2.84 bits per heavy atom. The van der Waals surface area contributed by atoms with E-state index in [0.29, 0.717) is 21.9 Å². The Bertz CT molecular complexity index is 1290. The predicted molar refractivity (Wildman–Crippen MR) is 115 cm³/mol. The van der Waals surface area contributed by atoms with Crippen LogP contribution >= 0.6 is 23.4 Å². The van der Waals surface area contributed by atoms with E-state index in [1.165, 1.54) is 37.2 Å². The second-order valence-electron chi connectivity index (χ2n) is 7.04. The molecule has 1 fully saturated rings. The molecule has 0 bridgehead atoms. The summed E-state index contributed by atoms with van der Waals surface area (Å²) in [6, 6.07) is 1.56. The summed E-state index contributed by atoms with van der Waals surface area (Å²) in [6.07, 6.45) is 6.40. The van der Waals surface area contributed by atoms with Gasteiger partial charge in [-0.25, -0.2) is 19.1 Å². The Morgan fingerprint density at radius 1 is 1.26 bits per heavy atom. The highest BCUT2D eigenvalue weighted by Crippen LogP contribution is 2.45. The van der Waals surface area contributed by atoms with E-state index in [9.17, 15) is 14.0 Å². The van der Waals surface area contributed by atoms with Gasteiger partial charge in [0.25, 0.3) is 5.91 Å². The molecule has 2 aliphatic heterocycles. The number of aromatic nitrogens is 3. The number of urea groups is 1. The maximum Gasteiger partial charge on any atom is 0.330 e. The van der Waals surface area contributed by atoms with Gasteiger partial charge in [0, 0.05) is 22.4 Å². The largest absolute Gasteiger partial charge is 0.494 e. The van der Waals surface area contributed by atoms with Crippen molar-refractivity contribution < 1.29 is 18.7 Å². The van der Waals surface area contributed by atoms with Crippen molar-refractivity contribution in [2.75, 3.05) is 12.0 Å². The molecule has 1 saturated heterocycles. The number of methoxy groups -OCH3 is 1. The molecule has 158 valence electrons. The molecule has 4 heterocycles. The zero-order chi connectivity index (χ0) is 21.9. The average molecular weight is 460 g/mol. The van der Waals surface area contributed by atoms with Gasteiger partial charge in [-0.2, -0.15) is 0 Å². The van der Waals surface area contributed by atoms with E-state index in [1.54, 1.807) is 22.9 Å². The first-order chi connectivity index (χ1) is 14.9. The van der Waals surface area contributed by atoms with Crippen LogP contribution in [-0.2, 0) is 4.79 Å². The van der Waals surface area contributed by atoms with Gasteiger partial charge in [-0.15, -0.1) is 11.8 Å². The van der Waals surface area contributed by atoms with Crippen molar-refractivity contribution in [2.24, 2.45) is 0 Å². The first kappa shape index (κ1) is 19.8. The van der Waals surface area contributed by atoms with Crippen LogP contribution < -0.4 is 15.0 Å². The van der Waals surface area contributed by atoms with Crippen LogP contribution in [0.25, 0.3) is 10.6 Å². The van der Waals surface area contributed by atoms with Crippen LogP contribution in [0, 0.1) is 12.7 Å². The number of amides is 3. The highest BCUT2D eigenvalue weighted by Gasteiger charge is 2.46. The number of anilines is 1. The van der Waals surface area contributed by atoms with Crippen molar-refractivity contribution in [2.45, 2.75) is 18.2 Å². The van der Waals surface area contributed by atoms with E-state index < -0.39 is 29.0 Å². The van der Waals surface area contributed by atoms with Crippen LogP contribution in [0.1, 0.15) is 11.3 Å². The Balaban J connectivity index is 1.51. The number of thioether (sulfide) groups is 1. The fourth-order valence-corrected chi connectivity index (χ4v) is 5.33. The van der Waals surface area contributed by atoms with Crippen LogP contribution in [0.4, 0.5) is 15.0 Å². The Hall–Kier alpha value is -3.11. The van der Waals surface area contributed by atoms with Crippen LogP contribution in [0.5, 0.6) is 5.75 Å². The molecule has 1 aromatic carbocycles. The first-order valence-electron chi connectivity index (χ1n) is 9.23. The number of imide groups is 1. The van der Waals surface area contributed by atoms with Crippen molar-refractivity contribution in [3.63, 3.8) is 0 Å². The minimum Gasteiger partial charge on any atom is -0.494 e. The molecule has 8 nitrogen and oxygen atoms in total. The standard InChI is InChI=1S/C20H15ClFN5O3S/c1-9-6-24-16-7-23-8-17(26(9)16)27-19(28)18-13(25-20(27)29)5-15(31-18)10-3-14(30-2)12(22)4-11(10)21/h3-8,13,18H,1-2H3,(H,25,29). The number of aryl methyl sites for hydroxylation is 1. The molecule has 2 unspecified atom stereocenters. The summed E-state index contributed by atoms with van der Waals surface area (Å²) in [4.78, 5) is 36.3. The molecular formula is C20H15ClFN5O3S. The number of imidazole rings is 1. The van der Waals surface area contributed by atoms with E-state index in [2.05, 4.69) is 15.3 Å². The van der Waals surface area contributed by atoms with Crippen LogP contribution in [0.15, 0.2) is 36.8 Å². The van der Waals surface area contributed by atoms with Crippen LogP contribution in [0.2, 0.25) is 5.02 Å². The van der Waals surface area contributed by atoms with Gasteiger partial charge in [0.2, 0.25) is 0 Å². The summed E-state index contributed by atoms with van der Waals surface area (Å²) < 4.78 is 20.7. The van der Waals surface area contributed by atoms with Gasteiger partial charge in [-0.05, 0) is 25.1 Å². The maximum atomic E-state index is 13.9. The molecule has 0 aliphatic carbocycles. The third-order valence-electron chi connectivity index (χ3n) is 5.18. The van der Waals surface area contributed by atoms with Gasteiger partial charge < -0.3 is 10.1 Å². The molecule has 2 aliphatic rings. The normalized spacial score (nSPS) is 20.6. The lowest BCUT2D eigenvalue weighted by Crippen LogP contribution is -2.60. The van der Waals surface area contributed by atoms with Gasteiger partial charge in [-0.1, -0.05) is 11.6 Å². The number of hydrogen-bond acceptors (Lipinski definition) is 6. The monoisotopic (exact) mass is 459 g/mol. The minimum absolute atomic E-state index is 0.0427. The van der Waals surface area contributed by atoms with Gasteiger partial charge in [-0.3, -0.25) is 14.2 Å². The van der Waals surface area contributed by atoms with Crippen molar-refractivity contribution in [3.05, 3.63) is 58.9 Å². The van der Waals surface area contributed by atoms with E-state index in [0.717, 1.165) is 10.6 Å². The number of ether oxygens (including phenoxy) is 1. The topological polar surface area (TPSA) is 88.8 Å². The highest BCUT2D eigenvalue weighted by molar-refractivity contribution is 8.09. The number of rotatable bonds is 3. The average Bonchev–Trinajstić information content (AvgIpc) is 3.32. The minimum atomic E-state index is -0.612. The number of nitrogens with one attached hydrogen (secondary N) is 1. The van der Waals surface area contributed by atoms with Gasteiger partial charge >= 0.3 is 6.03 Å². The summed E-state index contributed by atoms with van der Waals surface area (Å²) in [7, 11) is 1.36. The number of fused-ring (bicyclic) bond motifs is 2. The summed E-state index contributed by atoms with van der Waals surface area (Å²) in [6.45, 7) is 1.83. The lowest BCUT2D eigenvalue weighted by molar-refractivity contribution is -0.118. The van der Waals surface area contributed by atoms with Gasteiger partial charge in [0.05, 0.1) is 30.6 Å². The highest BCUT2D eigenvalue weighted by atomic mass is 35.5. The van der Waals surface area contributed by atoms with E-state index in [1.807, 2.05) is 6.92 Å². The molecule has 0 saturated carbocycles. The maximum absolute atomic E-state index is 13.9. The quantitative estimate of drug-likeness (QED) is 0.645. The summed E-state index contributed by atoms with van der Waals surface area (Å²) in [5.41, 5.74) is 1.82. The molecule has 3 amide bonds. The first-order valence-corrected chi connectivity index (χ1v) is 10.5. The molecule has 0 spiro atoms. The Kier molecular flexibility index (Phi) is 4.63. The van der Waals surface area contributed by atoms with E-state index in [-0.39, 0.29) is 10.8 Å². The second kappa shape index (κ2) is 7.24. The SMILES string of the molecule is COc1cc(C2=CC3NC(=O)N(c4cncc5ncc(C)n45)C(=O)C3S2)c(Cl)cc1F. The molecule has 5 rings (SSSR count). The predicted octanol–water partition coefficient (Wildman–Crippen LogP) is 3.42. The van der Waals surface area contributed by atoms with Crippen molar-refractivity contribution >= 4 is 51.7 Å². The van der Waals surface area contributed by atoms with Crippen LogP contribution in [0.3, 0.4) is 0 Å². The third-order valence-corrected chi connectivity index (χ3v) is 6.85. The summed E-state index contributed by atoms with van der Waals surface area (Å²) in [5.74, 6) is -0.619. The second-order valence-corrected chi connectivity index (χ2v) is 8.63. The number of carbonyl (C=O) groups is 2. The molecule has 3 aromatic rings. The number of benzene rings is 1. The zero-order valence-corrected chi connectivity index (χ0v) is 17.9. The van der Waals surface area contributed by atoms with Crippen molar-refractivity contribution in [1.29, 1.82) is 0 Å². The summed E-state index contributed by atoms with van der Waals surface area (Å²) in [5, 5.41) is 2.43. The molecule has 2 atom stereocenters. The Morgan fingerprint density at radius 2 is 2.06 bits per heavy atom. The fraction of sp³-hybridized carbons (Fsp3) is 0.200. The lowest BCUT2D eigenvalue weighted by atomic mass is 10.1.